The van der Waals surface area contributed by atoms with Gasteiger partial charge < -0.3 is 25.6 Å². The number of hydrogen-bond donors (Lipinski definition) is 3. The van der Waals surface area contributed by atoms with Crippen molar-refractivity contribution in [1.82, 2.24) is 10.2 Å². The van der Waals surface area contributed by atoms with E-state index in [1.165, 1.54) is 5.56 Å². The molecule has 1 atom stereocenters. The fraction of sp³-hybridized carbons (Fsp3) is 0.429. The number of carbonyl (C=O) groups excluding carboxylic acids is 2. The highest BCUT2D eigenvalue weighted by Crippen LogP contribution is 2.34. The molecule has 1 saturated carbocycles. The molecule has 43 heavy (non-hydrogen) atoms. The van der Waals surface area contributed by atoms with E-state index in [9.17, 15) is 14.7 Å². The topological polar surface area (TPSA) is 114 Å². The van der Waals surface area contributed by atoms with Gasteiger partial charge in [0.15, 0.2) is 6.61 Å². The molecule has 2 fully saturated rings. The van der Waals surface area contributed by atoms with Crippen LogP contribution in [-0.4, -0.2) is 60.3 Å². The molecule has 1 saturated heterocycles. The number of rotatable bonds is 11. The molecule has 0 bridgehead atoms. The number of nitrogens with one attached hydrogen (secondary N) is 1. The molecule has 0 unspecified atom stereocenters. The molecule has 1 amide bonds. The van der Waals surface area contributed by atoms with E-state index in [-0.39, 0.29) is 37.1 Å². The lowest BCUT2D eigenvalue weighted by molar-refractivity contribution is -0.164. The van der Waals surface area contributed by atoms with Crippen LogP contribution in [0.5, 0.6) is 5.75 Å². The summed E-state index contributed by atoms with van der Waals surface area (Å²) in [7, 11) is 0. The summed E-state index contributed by atoms with van der Waals surface area (Å²) < 4.78 is 11.6. The van der Waals surface area contributed by atoms with E-state index >= 15 is 0 Å². The fourth-order valence-corrected chi connectivity index (χ4v) is 6.03. The third-order valence-electron chi connectivity index (χ3n) is 8.65. The van der Waals surface area contributed by atoms with Crippen molar-refractivity contribution in [3.8, 4) is 5.75 Å². The van der Waals surface area contributed by atoms with Crippen LogP contribution in [0.15, 0.2) is 84.9 Å². The summed E-state index contributed by atoms with van der Waals surface area (Å²) in [6.45, 7) is 2.86. The third-order valence-corrected chi connectivity index (χ3v) is 8.65. The number of ether oxygens (including phenoxy) is 2. The number of esters is 1. The average Bonchev–Trinajstić information content (AvgIpc) is 3.05. The van der Waals surface area contributed by atoms with Gasteiger partial charge in [-0.05, 0) is 80.8 Å². The number of carbonyl (C=O) groups is 2. The largest absolute Gasteiger partial charge is 0.484 e. The average molecular weight is 586 g/mol. The smallest absolute Gasteiger partial charge is 0.347 e. The summed E-state index contributed by atoms with van der Waals surface area (Å²) in [4.78, 5) is 28.6. The first-order chi connectivity index (χ1) is 20.9. The number of piperidine rings is 1. The minimum atomic E-state index is -2.03. The molecule has 1 aliphatic heterocycles. The number of amides is 1. The molecular weight excluding hydrogens is 542 g/mol. The Balaban J connectivity index is 1.19. The molecule has 8 heteroatoms. The van der Waals surface area contributed by atoms with Crippen molar-refractivity contribution < 1.29 is 24.2 Å². The molecule has 2 aliphatic rings. The second kappa shape index (κ2) is 14.6. The zero-order valence-corrected chi connectivity index (χ0v) is 24.7. The van der Waals surface area contributed by atoms with Crippen LogP contribution in [0, 0.1) is 5.92 Å². The first kappa shape index (κ1) is 30.7. The molecule has 5 rings (SSSR count). The van der Waals surface area contributed by atoms with Gasteiger partial charge >= 0.3 is 5.97 Å². The summed E-state index contributed by atoms with van der Waals surface area (Å²) in [5.74, 6) is -0.329. The predicted octanol–water partition coefficient (Wildman–Crippen LogP) is 4.14. The van der Waals surface area contributed by atoms with E-state index in [1.807, 2.05) is 12.1 Å². The van der Waals surface area contributed by atoms with Crippen molar-refractivity contribution in [2.75, 3.05) is 26.3 Å². The molecule has 1 heterocycles. The summed E-state index contributed by atoms with van der Waals surface area (Å²) in [6.07, 6.45) is 5.36. The maximum atomic E-state index is 13.6. The number of likely N-dealkylation sites (tertiary alicyclic amines) is 1. The van der Waals surface area contributed by atoms with E-state index in [0.29, 0.717) is 16.9 Å². The van der Waals surface area contributed by atoms with Crippen LogP contribution in [0.1, 0.15) is 55.2 Å². The fourth-order valence-electron chi connectivity index (χ4n) is 6.03. The Morgan fingerprint density at radius 1 is 0.860 bits per heavy atom. The van der Waals surface area contributed by atoms with Crippen molar-refractivity contribution in [3.05, 3.63) is 102 Å². The molecule has 4 N–H and O–H groups in total. The van der Waals surface area contributed by atoms with Gasteiger partial charge in [-0.25, -0.2) is 4.79 Å². The maximum Gasteiger partial charge on any atom is 0.347 e. The summed E-state index contributed by atoms with van der Waals surface area (Å²) in [5, 5.41) is 15.0. The highest BCUT2D eigenvalue weighted by Gasteiger charge is 2.42. The number of hydrogen-bond acceptors (Lipinski definition) is 7. The van der Waals surface area contributed by atoms with Gasteiger partial charge in [-0.15, -0.1) is 0 Å². The van der Waals surface area contributed by atoms with E-state index < -0.39 is 11.6 Å². The van der Waals surface area contributed by atoms with Crippen LogP contribution in [0.4, 0.5) is 0 Å². The van der Waals surface area contributed by atoms with E-state index in [1.54, 1.807) is 48.5 Å². The first-order valence-corrected chi connectivity index (χ1v) is 15.4. The first-order valence-electron chi connectivity index (χ1n) is 15.4. The molecule has 228 valence electrons. The Hall–Kier alpha value is -3.72. The van der Waals surface area contributed by atoms with Gasteiger partial charge in [0.25, 0.3) is 5.91 Å². The van der Waals surface area contributed by atoms with Crippen molar-refractivity contribution >= 4 is 11.9 Å². The quantitative estimate of drug-likeness (QED) is 0.290. The number of nitrogens with two attached hydrogens (primary N) is 1. The Morgan fingerprint density at radius 3 is 2.21 bits per heavy atom. The van der Waals surface area contributed by atoms with E-state index in [0.717, 1.165) is 58.2 Å². The monoisotopic (exact) mass is 585 g/mol. The van der Waals surface area contributed by atoms with Crippen molar-refractivity contribution in [2.45, 2.75) is 62.8 Å². The van der Waals surface area contributed by atoms with Crippen LogP contribution in [0.2, 0.25) is 0 Å². The van der Waals surface area contributed by atoms with E-state index in [2.05, 4.69) is 34.5 Å². The van der Waals surface area contributed by atoms with E-state index in [4.69, 9.17) is 15.2 Å². The second-order valence-electron chi connectivity index (χ2n) is 11.9. The summed E-state index contributed by atoms with van der Waals surface area (Å²) in [6, 6.07) is 26.2. The lowest BCUT2D eigenvalue weighted by Gasteiger charge is -2.33. The number of aliphatic hydroxyl groups is 1. The van der Waals surface area contributed by atoms with Crippen LogP contribution >= 0.6 is 0 Å². The van der Waals surface area contributed by atoms with Crippen LogP contribution in [0.3, 0.4) is 0 Å². The zero-order chi connectivity index (χ0) is 30.1. The molecule has 1 aliphatic carbocycles. The summed E-state index contributed by atoms with van der Waals surface area (Å²) in [5.41, 5.74) is 5.96. The van der Waals surface area contributed by atoms with Crippen LogP contribution < -0.4 is 15.8 Å². The summed E-state index contributed by atoms with van der Waals surface area (Å²) >= 11 is 0. The van der Waals surface area contributed by atoms with Gasteiger partial charge in [-0.2, -0.15) is 0 Å². The van der Waals surface area contributed by atoms with Crippen molar-refractivity contribution in [2.24, 2.45) is 11.7 Å². The van der Waals surface area contributed by atoms with Gasteiger partial charge in [0.05, 0.1) is 6.61 Å². The minimum Gasteiger partial charge on any atom is -0.484 e. The molecule has 0 spiro atoms. The van der Waals surface area contributed by atoms with Crippen LogP contribution in [0.25, 0.3) is 0 Å². The predicted molar refractivity (Wildman–Crippen MR) is 165 cm³/mol. The van der Waals surface area contributed by atoms with Gasteiger partial charge in [0.1, 0.15) is 5.75 Å². The normalized spacial score (nSPS) is 21.0. The molecule has 8 nitrogen and oxygen atoms in total. The Labute approximate surface area is 254 Å². The Kier molecular flexibility index (Phi) is 10.5. The molecule has 0 radical (unpaired) electrons. The standard InChI is InChI=1S/C35H43N3O5/c36-30-14-16-31(17-15-30)37-33(39)25-42-32-13-7-12-29(22-32)35(41,28-10-5-2-6-11-28)34(40)43-24-27-18-20-38(21-19-27)23-26-8-3-1-4-9-26/h1-13,22,27,30-31,41H,14-21,23-25,36H2,(H,37,39)/t30?,31?,35-/m0/s1. The lowest BCUT2D eigenvalue weighted by atomic mass is 9.86. The van der Waals surface area contributed by atoms with Crippen molar-refractivity contribution in [1.29, 1.82) is 0 Å². The molecular formula is C35H43N3O5. The van der Waals surface area contributed by atoms with Gasteiger partial charge in [-0.3, -0.25) is 9.69 Å². The van der Waals surface area contributed by atoms with Gasteiger partial charge in [0, 0.05) is 24.2 Å². The molecule has 0 aromatic heterocycles. The minimum absolute atomic E-state index is 0.108. The Morgan fingerprint density at radius 2 is 1.51 bits per heavy atom. The SMILES string of the molecule is NC1CCC(NC(=O)COc2cccc([C@](O)(C(=O)OCC3CCN(Cc4ccccc4)CC3)c3ccccc3)c2)CC1. The van der Waals surface area contributed by atoms with Gasteiger partial charge in [-0.1, -0.05) is 72.8 Å². The zero-order valence-electron chi connectivity index (χ0n) is 24.7. The highest BCUT2D eigenvalue weighted by atomic mass is 16.5. The van der Waals surface area contributed by atoms with Gasteiger partial charge in [0.2, 0.25) is 5.60 Å². The maximum absolute atomic E-state index is 13.6. The highest BCUT2D eigenvalue weighted by molar-refractivity contribution is 5.85. The van der Waals surface area contributed by atoms with Crippen molar-refractivity contribution in [3.63, 3.8) is 0 Å². The number of benzene rings is 3. The third kappa shape index (κ3) is 8.22. The Bertz CT molecular complexity index is 1320. The number of nitrogens with zero attached hydrogens (tertiary/aromatic N) is 1. The lowest BCUT2D eigenvalue weighted by Crippen LogP contribution is -2.42. The molecule has 3 aromatic carbocycles. The molecule has 3 aromatic rings. The second-order valence-corrected chi connectivity index (χ2v) is 11.9. The van der Waals surface area contributed by atoms with Crippen LogP contribution in [-0.2, 0) is 26.5 Å².